The first-order valence-corrected chi connectivity index (χ1v) is 12.5. The molecule has 1 saturated heterocycles. The summed E-state index contributed by atoms with van der Waals surface area (Å²) in [7, 11) is -2.01. The molecule has 8 heteroatoms. The average molecular weight is 400 g/mol. The van der Waals surface area contributed by atoms with Crippen LogP contribution in [0.4, 0.5) is 0 Å². The van der Waals surface area contributed by atoms with Gasteiger partial charge in [0.15, 0.2) is 8.32 Å². The molecule has 0 aromatic carbocycles. The third-order valence-electron chi connectivity index (χ3n) is 5.31. The van der Waals surface area contributed by atoms with Crippen molar-refractivity contribution in [3.05, 3.63) is 23.3 Å². The first-order valence-electron chi connectivity index (χ1n) is 8.76. The number of thioether (sulfide) groups is 1. The highest BCUT2D eigenvalue weighted by Gasteiger charge is 2.59. The van der Waals surface area contributed by atoms with Crippen LogP contribution in [-0.4, -0.2) is 54.9 Å². The van der Waals surface area contributed by atoms with Gasteiger partial charge >= 0.3 is 5.97 Å². The van der Waals surface area contributed by atoms with Crippen LogP contribution in [0, 0.1) is 5.92 Å². The van der Waals surface area contributed by atoms with Gasteiger partial charge in [-0.15, -0.1) is 0 Å². The van der Waals surface area contributed by atoms with E-state index in [2.05, 4.69) is 40.4 Å². The number of rotatable bonds is 7. The van der Waals surface area contributed by atoms with Crippen molar-refractivity contribution in [2.24, 2.45) is 5.92 Å². The van der Waals surface area contributed by atoms with E-state index in [-0.39, 0.29) is 47.3 Å². The topological polar surface area (TPSA) is 76.1 Å². The van der Waals surface area contributed by atoms with E-state index >= 15 is 0 Å². The summed E-state index contributed by atoms with van der Waals surface area (Å²) in [6.07, 6.45) is 1.22. The Bertz CT molecular complexity index is 640. The number of carbonyl (C=O) groups is 2. The highest BCUT2D eigenvalue weighted by molar-refractivity contribution is 8.04. The molecule has 2 aliphatic heterocycles. The van der Waals surface area contributed by atoms with Gasteiger partial charge in [-0.3, -0.25) is 9.69 Å². The molecule has 0 bridgehead atoms. The van der Waals surface area contributed by atoms with Gasteiger partial charge in [0.05, 0.1) is 18.6 Å². The standard InChI is InChI=1S/C18H29NO5SSi/c1-8-9-23-17(22)14-12(10-20)25-16-13(15(21)19(14)16)11(2)24-26(6,7)18(3,4)5/h8,11,13,16,20H,1,9-10H2,2-7H3/t11-,13+,16-/m1/s1. The number of hydrogen-bond donors (Lipinski definition) is 1. The molecule has 26 heavy (non-hydrogen) atoms. The van der Waals surface area contributed by atoms with Gasteiger partial charge in [-0.05, 0) is 25.1 Å². The fourth-order valence-electron chi connectivity index (χ4n) is 2.86. The smallest absolute Gasteiger partial charge is 0.356 e. The Morgan fingerprint density at radius 2 is 2.08 bits per heavy atom. The van der Waals surface area contributed by atoms with Crippen molar-refractivity contribution in [2.45, 2.75) is 57.3 Å². The van der Waals surface area contributed by atoms with Crippen molar-refractivity contribution in [3.63, 3.8) is 0 Å². The zero-order valence-electron chi connectivity index (χ0n) is 16.4. The zero-order valence-corrected chi connectivity index (χ0v) is 18.2. The summed E-state index contributed by atoms with van der Waals surface area (Å²) in [4.78, 5) is 27.0. The lowest BCUT2D eigenvalue weighted by Crippen LogP contribution is -2.62. The van der Waals surface area contributed by atoms with Crippen LogP contribution in [0.1, 0.15) is 27.7 Å². The quantitative estimate of drug-likeness (QED) is 0.307. The van der Waals surface area contributed by atoms with Gasteiger partial charge in [0.2, 0.25) is 5.91 Å². The second kappa shape index (κ2) is 7.50. The number of hydrogen-bond acceptors (Lipinski definition) is 6. The van der Waals surface area contributed by atoms with Crippen LogP contribution < -0.4 is 0 Å². The third kappa shape index (κ3) is 3.65. The summed E-state index contributed by atoms with van der Waals surface area (Å²) >= 11 is 1.35. The molecule has 0 aliphatic carbocycles. The summed E-state index contributed by atoms with van der Waals surface area (Å²) in [5.41, 5.74) is 0.158. The van der Waals surface area contributed by atoms with Crippen molar-refractivity contribution >= 4 is 32.0 Å². The minimum Gasteiger partial charge on any atom is -0.457 e. The summed E-state index contributed by atoms with van der Waals surface area (Å²) < 4.78 is 11.5. The Balaban J connectivity index is 2.14. The first-order chi connectivity index (χ1) is 12.0. The zero-order chi connectivity index (χ0) is 19.9. The molecule has 1 N–H and O–H groups in total. The molecular weight excluding hydrogens is 370 g/mol. The number of amides is 1. The molecule has 0 aromatic rings. The van der Waals surface area contributed by atoms with E-state index in [4.69, 9.17) is 9.16 Å². The highest BCUT2D eigenvalue weighted by Crippen LogP contribution is 2.51. The summed E-state index contributed by atoms with van der Waals surface area (Å²) in [6.45, 7) is 16.0. The lowest BCUT2D eigenvalue weighted by atomic mass is 9.92. The highest BCUT2D eigenvalue weighted by atomic mass is 32.2. The molecule has 1 amide bonds. The van der Waals surface area contributed by atoms with Crippen molar-refractivity contribution in [3.8, 4) is 0 Å². The number of fused-ring (bicyclic) bond motifs is 1. The van der Waals surface area contributed by atoms with Crippen molar-refractivity contribution in [1.29, 1.82) is 0 Å². The average Bonchev–Trinajstić information content (AvgIpc) is 2.85. The predicted molar refractivity (Wildman–Crippen MR) is 105 cm³/mol. The molecule has 146 valence electrons. The Labute approximate surface area is 160 Å². The Morgan fingerprint density at radius 3 is 2.58 bits per heavy atom. The second-order valence-corrected chi connectivity index (χ2v) is 14.1. The molecule has 2 rings (SSSR count). The van der Waals surface area contributed by atoms with Gasteiger partial charge in [0.25, 0.3) is 0 Å². The number of nitrogens with zero attached hydrogens (tertiary/aromatic N) is 1. The Morgan fingerprint density at radius 1 is 1.46 bits per heavy atom. The first kappa shape index (κ1) is 21.2. The maximum atomic E-state index is 12.8. The molecule has 3 atom stereocenters. The van der Waals surface area contributed by atoms with Crippen LogP contribution in [-0.2, 0) is 18.8 Å². The maximum absolute atomic E-state index is 12.8. The number of aliphatic hydroxyl groups excluding tert-OH is 1. The normalized spacial score (nSPS) is 24.3. The fraction of sp³-hybridized carbons (Fsp3) is 0.667. The van der Waals surface area contributed by atoms with Crippen LogP contribution in [0.15, 0.2) is 23.3 Å². The van der Waals surface area contributed by atoms with Gasteiger partial charge in [-0.25, -0.2) is 4.79 Å². The van der Waals surface area contributed by atoms with E-state index in [1.165, 1.54) is 22.7 Å². The second-order valence-electron chi connectivity index (χ2n) is 8.14. The lowest BCUT2D eigenvalue weighted by Gasteiger charge is -2.48. The molecular formula is C18H29NO5SSi. The molecule has 0 spiro atoms. The van der Waals surface area contributed by atoms with Gasteiger partial charge in [0.1, 0.15) is 17.7 Å². The summed E-state index contributed by atoms with van der Waals surface area (Å²) in [6, 6.07) is 0. The summed E-state index contributed by atoms with van der Waals surface area (Å²) in [5, 5.41) is 9.43. The molecule has 2 heterocycles. The lowest BCUT2D eigenvalue weighted by molar-refractivity contribution is -0.157. The number of esters is 1. The van der Waals surface area contributed by atoms with Crippen LogP contribution in [0.25, 0.3) is 0 Å². The molecule has 6 nitrogen and oxygen atoms in total. The predicted octanol–water partition coefficient (Wildman–Crippen LogP) is 2.86. The molecule has 0 unspecified atom stereocenters. The van der Waals surface area contributed by atoms with Crippen molar-refractivity contribution in [2.75, 3.05) is 13.2 Å². The fourth-order valence-corrected chi connectivity index (χ4v) is 5.75. The van der Waals surface area contributed by atoms with Crippen LogP contribution in [0.2, 0.25) is 18.1 Å². The maximum Gasteiger partial charge on any atom is 0.356 e. The number of aliphatic hydroxyl groups is 1. The number of β-lactam (4-membered cyclic amide) rings is 1. The number of ether oxygens (including phenoxy) is 1. The van der Waals surface area contributed by atoms with Crippen molar-refractivity contribution < 1.29 is 23.9 Å². The van der Waals surface area contributed by atoms with E-state index in [0.29, 0.717) is 4.91 Å². The number of carbonyl (C=O) groups excluding carboxylic acids is 2. The van der Waals surface area contributed by atoms with Gasteiger partial charge in [-0.2, -0.15) is 0 Å². The summed E-state index contributed by atoms with van der Waals surface area (Å²) in [5.74, 6) is -1.09. The van der Waals surface area contributed by atoms with E-state index in [1.807, 2.05) is 6.92 Å². The van der Waals surface area contributed by atoms with E-state index in [9.17, 15) is 14.7 Å². The molecule has 2 aliphatic rings. The Hall–Kier alpha value is -1.09. The molecule has 1 fully saturated rings. The van der Waals surface area contributed by atoms with Gasteiger partial charge < -0.3 is 14.3 Å². The Kier molecular flexibility index (Phi) is 6.12. The molecule has 0 aromatic heterocycles. The molecule has 0 radical (unpaired) electrons. The largest absolute Gasteiger partial charge is 0.457 e. The third-order valence-corrected chi connectivity index (χ3v) is 11.2. The molecule has 0 saturated carbocycles. The van der Waals surface area contributed by atoms with Crippen molar-refractivity contribution in [1.82, 2.24) is 4.90 Å². The van der Waals surface area contributed by atoms with Crippen LogP contribution in [0.5, 0.6) is 0 Å². The monoisotopic (exact) mass is 399 g/mol. The van der Waals surface area contributed by atoms with E-state index in [1.54, 1.807) is 0 Å². The van der Waals surface area contributed by atoms with Gasteiger partial charge in [-0.1, -0.05) is 45.2 Å². The minimum atomic E-state index is -2.01. The minimum absolute atomic E-state index is 0.0464. The van der Waals surface area contributed by atoms with Gasteiger partial charge in [0, 0.05) is 4.91 Å². The van der Waals surface area contributed by atoms with E-state index < -0.39 is 14.3 Å². The SMILES string of the molecule is C=CCOC(=O)C1=C(CO)S[C@@H]2[C@@H]([C@@H](C)O[Si](C)(C)C(C)(C)C)C(=O)N12. The van der Waals surface area contributed by atoms with E-state index in [0.717, 1.165) is 0 Å². The van der Waals surface area contributed by atoms with Crippen LogP contribution in [0.3, 0.4) is 0 Å². The van der Waals surface area contributed by atoms with Crippen LogP contribution >= 0.6 is 11.8 Å².